The minimum Gasteiger partial charge on any atom is -0.495 e. The zero-order valence-electron chi connectivity index (χ0n) is 21.9. The average Bonchev–Trinajstić information content (AvgIpc) is 3.28. The van der Waals surface area contributed by atoms with E-state index in [4.69, 9.17) is 28.4 Å². The molecule has 1 aromatic carbocycles. The highest BCUT2D eigenvalue weighted by molar-refractivity contribution is 5.98. The number of hydrogen-bond donors (Lipinski definition) is 1. The van der Waals surface area contributed by atoms with E-state index in [1.165, 1.54) is 7.11 Å². The highest BCUT2D eigenvalue weighted by Gasteiger charge is 2.81. The van der Waals surface area contributed by atoms with Gasteiger partial charge < -0.3 is 33.5 Å². The number of carbonyl (C=O) groups excluding carboxylic acids is 2. The van der Waals surface area contributed by atoms with Crippen LogP contribution in [0.1, 0.15) is 74.0 Å². The third-order valence-corrected chi connectivity index (χ3v) is 9.90. The van der Waals surface area contributed by atoms with Crippen LogP contribution in [0.25, 0.3) is 0 Å². The first-order chi connectivity index (χ1) is 16.8. The van der Waals surface area contributed by atoms with E-state index in [1.807, 2.05) is 27.7 Å². The Morgan fingerprint density at radius 1 is 1.08 bits per heavy atom. The number of rotatable bonds is 2. The molecule has 36 heavy (non-hydrogen) atoms. The van der Waals surface area contributed by atoms with E-state index in [0.717, 1.165) is 16.7 Å². The number of fused-ring (bicyclic) bond motifs is 5. The van der Waals surface area contributed by atoms with Crippen LogP contribution in [0.5, 0.6) is 11.5 Å². The van der Waals surface area contributed by atoms with Crippen molar-refractivity contribution >= 4 is 11.9 Å². The summed E-state index contributed by atoms with van der Waals surface area (Å²) < 4.78 is 35.9. The number of benzene rings is 1. The van der Waals surface area contributed by atoms with Crippen molar-refractivity contribution in [3.63, 3.8) is 0 Å². The number of methoxy groups -OCH3 is 2. The van der Waals surface area contributed by atoms with Crippen LogP contribution >= 0.6 is 0 Å². The van der Waals surface area contributed by atoms with Gasteiger partial charge in [-0.2, -0.15) is 0 Å². The van der Waals surface area contributed by atoms with Crippen LogP contribution in [0.4, 0.5) is 0 Å². The van der Waals surface area contributed by atoms with E-state index in [-0.39, 0.29) is 18.9 Å². The summed E-state index contributed by atoms with van der Waals surface area (Å²) in [6.45, 7) is 10.0. The monoisotopic (exact) mass is 502 g/mol. The molecule has 196 valence electrons. The lowest BCUT2D eigenvalue weighted by Gasteiger charge is -2.66. The molecule has 1 spiro atoms. The fraction of sp³-hybridized carbons (Fsp3) is 0.704. The number of esters is 2. The average molecular weight is 503 g/mol. The topological polar surface area (TPSA) is 110 Å². The Labute approximate surface area is 210 Å². The maximum Gasteiger partial charge on any atom is 0.342 e. The first-order valence-electron chi connectivity index (χ1n) is 12.6. The first-order valence-corrected chi connectivity index (χ1v) is 12.6. The Bertz CT molecular complexity index is 1210. The standard InChI is InChI=1S/C27H34O9/c1-13-15-12-33-22(29)18(15)20(31-6)14-10-17-24(4)8-9-26(30)35-23(2,3)27(24,36-26)16(21(28)32-7)11-25(17,5)34-19(13)14/h16-17,30H,8-12H2,1-7H3/t16-,17+,24+,25-,26-,27+/m0/s1. The first kappa shape index (κ1) is 24.0. The number of hydrogen-bond acceptors (Lipinski definition) is 9. The third-order valence-electron chi connectivity index (χ3n) is 9.90. The lowest BCUT2D eigenvalue weighted by molar-refractivity contribution is -0.378. The number of cyclic esters (lactones) is 1. The Morgan fingerprint density at radius 2 is 1.81 bits per heavy atom. The fourth-order valence-electron chi connectivity index (χ4n) is 8.55. The fourth-order valence-corrected chi connectivity index (χ4v) is 8.55. The van der Waals surface area contributed by atoms with Crippen LogP contribution in [-0.4, -0.2) is 54.0 Å². The van der Waals surface area contributed by atoms with Gasteiger partial charge in [0.15, 0.2) is 0 Å². The zero-order valence-corrected chi connectivity index (χ0v) is 21.9. The second-order valence-electron chi connectivity index (χ2n) is 11.9. The van der Waals surface area contributed by atoms with Gasteiger partial charge >= 0.3 is 11.9 Å². The summed E-state index contributed by atoms with van der Waals surface area (Å²) in [5.41, 5.74) is -0.651. The maximum atomic E-state index is 13.4. The molecule has 6 atom stereocenters. The van der Waals surface area contributed by atoms with Crippen LogP contribution in [-0.2, 0) is 36.8 Å². The molecular formula is C27H34O9. The highest BCUT2D eigenvalue weighted by Crippen LogP contribution is 2.72. The van der Waals surface area contributed by atoms with Gasteiger partial charge in [-0.25, -0.2) is 4.79 Å². The van der Waals surface area contributed by atoms with Crippen molar-refractivity contribution in [2.24, 2.45) is 17.3 Å². The van der Waals surface area contributed by atoms with Crippen LogP contribution in [0.15, 0.2) is 0 Å². The molecule has 3 fully saturated rings. The van der Waals surface area contributed by atoms with Crippen molar-refractivity contribution in [1.82, 2.24) is 0 Å². The second-order valence-corrected chi connectivity index (χ2v) is 11.9. The Morgan fingerprint density at radius 3 is 2.47 bits per heavy atom. The molecule has 0 aromatic heterocycles. The van der Waals surface area contributed by atoms with E-state index in [1.54, 1.807) is 7.11 Å². The molecule has 2 bridgehead atoms. The largest absolute Gasteiger partial charge is 0.495 e. The Kier molecular flexibility index (Phi) is 4.62. The maximum absolute atomic E-state index is 13.4. The van der Waals surface area contributed by atoms with Crippen LogP contribution in [0.2, 0.25) is 0 Å². The lowest BCUT2D eigenvalue weighted by Crippen LogP contribution is -2.76. The Hall–Kier alpha value is -2.36. The van der Waals surface area contributed by atoms with Crippen LogP contribution in [0.3, 0.4) is 0 Å². The third kappa shape index (κ3) is 2.56. The van der Waals surface area contributed by atoms with Crippen LogP contribution in [0, 0.1) is 24.2 Å². The van der Waals surface area contributed by atoms with Gasteiger partial charge in [0.05, 0.1) is 25.7 Å². The number of ether oxygens (including phenoxy) is 6. The van der Waals surface area contributed by atoms with Crippen molar-refractivity contribution in [2.75, 3.05) is 14.2 Å². The summed E-state index contributed by atoms with van der Waals surface area (Å²) >= 11 is 0. The minimum absolute atomic E-state index is 0.146. The molecule has 4 aliphatic heterocycles. The molecule has 6 rings (SSSR count). The molecule has 1 aromatic rings. The predicted octanol–water partition coefficient (Wildman–Crippen LogP) is 3.19. The van der Waals surface area contributed by atoms with Gasteiger partial charge in [0, 0.05) is 35.3 Å². The SMILES string of the molecule is COC(=O)[C@@H]1C[C@]2(C)Oc3c(C)c4c(c(OC)c3C[C@@H]2[C@@]2(C)CC[C@]3(O)OC(C)(C)[C@]12O3)C(=O)OC4. The van der Waals surface area contributed by atoms with E-state index >= 15 is 0 Å². The van der Waals surface area contributed by atoms with Gasteiger partial charge in [0.25, 0.3) is 5.97 Å². The van der Waals surface area contributed by atoms with Gasteiger partial charge in [-0.15, -0.1) is 0 Å². The van der Waals surface area contributed by atoms with Crippen molar-refractivity contribution in [1.29, 1.82) is 0 Å². The molecule has 0 amide bonds. The summed E-state index contributed by atoms with van der Waals surface area (Å²) in [7, 11) is 2.93. The number of carbonyl (C=O) groups is 2. The molecule has 9 heteroatoms. The van der Waals surface area contributed by atoms with E-state index in [0.29, 0.717) is 36.3 Å². The van der Waals surface area contributed by atoms with Crippen molar-refractivity contribution in [3.05, 3.63) is 22.3 Å². The normalized spacial score (nSPS) is 41.3. The second kappa shape index (κ2) is 6.94. The Balaban J connectivity index is 1.59. The molecule has 1 N–H and O–H groups in total. The number of aliphatic hydroxyl groups is 1. The molecular weight excluding hydrogens is 468 g/mol. The summed E-state index contributed by atoms with van der Waals surface area (Å²) in [5.74, 6) is -2.29. The molecule has 9 nitrogen and oxygen atoms in total. The van der Waals surface area contributed by atoms with Crippen molar-refractivity contribution < 1.29 is 43.1 Å². The van der Waals surface area contributed by atoms with Crippen LogP contribution < -0.4 is 9.47 Å². The molecule has 2 saturated heterocycles. The van der Waals surface area contributed by atoms with E-state index in [2.05, 4.69) is 6.92 Å². The quantitative estimate of drug-likeness (QED) is 0.610. The van der Waals surface area contributed by atoms with Gasteiger partial charge in [0.2, 0.25) is 0 Å². The summed E-state index contributed by atoms with van der Waals surface area (Å²) in [4.78, 5) is 26.0. The lowest BCUT2D eigenvalue weighted by atomic mass is 9.43. The van der Waals surface area contributed by atoms with Gasteiger partial charge in [-0.05, 0) is 46.1 Å². The van der Waals surface area contributed by atoms with Crippen molar-refractivity contribution in [3.8, 4) is 11.5 Å². The predicted molar refractivity (Wildman–Crippen MR) is 124 cm³/mol. The van der Waals surface area contributed by atoms with Gasteiger partial charge in [-0.1, -0.05) is 6.92 Å². The summed E-state index contributed by atoms with van der Waals surface area (Å²) in [6.07, 6.45) is 1.67. The zero-order chi connectivity index (χ0) is 26.1. The molecule has 1 aliphatic carbocycles. The van der Waals surface area contributed by atoms with Gasteiger partial charge in [-0.3, -0.25) is 4.79 Å². The van der Waals surface area contributed by atoms with E-state index in [9.17, 15) is 14.7 Å². The minimum atomic E-state index is -1.77. The summed E-state index contributed by atoms with van der Waals surface area (Å²) in [6, 6.07) is 0. The molecule has 4 heterocycles. The molecule has 0 radical (unpaired) electrons. The molecule has 5 aliphatic rings. The van der Waals surface area contributed by atoms with E-state index < -0.39 is 46.0 Å². The highest BCUT2D eigenvalue weighted by atomic mass is 16.9. The van der Waals surface area contributed by atoms with Crippen molar-refractivity contribution in [2.45, 2.75) is 89.7 Å². The molecule has 0 unspecified atom stereocenters. The summed E-state index contributed by atoms with van der Waals surface area (Å²) in [5, 5.41) is 11.2. The molecule has 1 saturated carbocycles. The van der Waals surface area contributed by atoms with Gasteiger partial charge in [0.1, 0.15) is 34.9 Å². The smallest absolute Gasteiger partial charge is 0.342 e.